The molecule has 0 aromatic heterocycles. The highest BCUT2D eigenvalue weighted by molar-refractivity contribution is 7.80. The Morgan fingerprint density at radius 3 is 2.88 bits per heavy atom. The van der Waals surface area contributed by atoms with E-state index in [2.05, 4.69) is 24.1 Å². The fourth-order valence-electron chi connectivity index (χ4n) is 2.37. The summed E-state index contributed by atoms with van der Waals surface area (Å²) < 4.78 is 5.11. The summed E-state index contributed by atoms with van der Waals surface area (Å²) in [6.07, 6.45) is 5.19. The first kappa shape index (κ1) is 14.7. The Morgan fingerprint density at radius 1 is 1.47 bits per heavy atom. The summed E-state index contributed by atoms with van der Waals surface area (Å²) in [4.78, 5) is 2.32. The molecule has 0 aromatic carbocycles. The predicted molar refractivity (Wildman–Crippen MR) is 76.3 cm³/mol. The molecule has 17 heavy (non-hydrogen) atoms. The van der Waals surface area contributed by atoms with Crippen molar-refractivity contribution in [3.05, 3.63) is 0 Å². The van der Waals surface area contributed by atoms with Crippen LogP contribution in [0.15, 0.2) is 0 Å². The van der Waals surface area contributed by atoms with E-state index in [-0.39, 0.29) is 6.04 Å². The summed E-state index contributed by atoms with van der Waals surface area (Å²) in [7, 11) is 1.72. The average molecular weight is 258 g/mol. The van der Waals surface area contributed by atoms with Crippen LogP contribution in [-0.2, 0) is 4.74 Å². The van der Waals surface area contributed by atoms with Gasteiger partial charge in [-0.1, -0.05) is 13.3 Å². The fraction of sp³-hybridized carbons (Fsp3) is 0.923. The van der Waals surface area contributed by atoms with E-state index in [1.807, 2.05) is 0 Å². The third kappa shape index (κ3) is 5.21. The second kappa shape index (κ2) is 7.88. The molecule has 0 aliphatic carbocycles. The normalized spacial score (nSPS) is 23.0. The van der Waals surface area contributed by atoms with Crippen LogP contribution in [0.1, 0.15) is 39.5 Å². The minimum atomic E-state index is 0.290. The first-order valence-electron chi connectivity index (χ1n) is 6.71. The van der Waals surface area contributed by atoms with Gasteiger partial charge in [-0.05, 0) is 44.3 Å². The summed E-state index contributed by atoms with van der Waals surface area (Å²) in [5.74, 6) is 0.888. The zero-order valence-corrected chi connectivity index (χ0v) is 12.2. The molecule has 1 N–H and O–H groups in total. The maximum atomic E-state index is 5.46. The van der Waals surface area contributed by atoms with Crippen molar-refractivity contribution < 1.29 is 4.74 Å². The summed E-state index contributed by atoms with van der Waals surface area (Å²) in [6, 6.07) is 0.290. The molecule has 100 valence electrons. The lowest BCUT2D eigenvalue weighted by atomic mass is 9.98. The van der Waals surface area contributed by atoms with Crippen LogP contribution in [0.3, 0.4) is 0 Å². The molecule has 0 saturated carbocycles. The van der Waals surface area contributed by atoms with Crippen molar-refractivity contribution in [2.45, 2.75) is 45.6 Å². The highest BCUT2D eigenvalue weighted by Crippen LogP contribution is 2.20. The highest BCUT2D eigenvalue weighted by atomic mass is 32.1. The van der Waals surface area contributed by atoms with Gasteiger partial charge in [0, 0.05) is 26.2 Å². The number of likely N-dealkylation sites (tertiary alicyclic amines) is 1. The van der Waals surface area contributed by atoms with Crippen LogP contribution in [-0.4, -0.2) is 42.9 Å². The molecule has 1 rings (SSSR count). The van der Waals surface area contributed by atoms with Crippen LogP contribution in [0.25, 0.3) is 0 Å². The number of hydrogen-bond donors (Lipinski definition) is 1. The van der Waals surface area contributed by atoms with Gasteiger partial charge in [0.15, 0.2) is 5.11 Å². The smallest absolute Gasteiger partial charge is 0.169 e. The zero-order valence-electron chi connectivity index (χ0n) is 11.4. The van der Waals surface area contributed by atoms with Crippen LogP contribution < -0.4 is 5.32 Å². The van der Waals surface area contributed by atoms with Gasteiger partial charge in [-0.25, -0.2) is 0 Å². The second-order valence-electron chi connectivity index (χ2n) is 5.00. The molecule has 0 bridgehead atoms. The third-order valence-corrected chi connectivity index (χ3v) is 3.87. The van der Waals surface area contributed by atoms with Gasteiger partial charge in [0.2, 0.25) is 0 Å². The van der Waals surface area contributed by atoms with Crippen molar-refractivity contribution in [1.29, 1.82) is 0 Å². The fourth-order valence-corrected chi connectivity index (χ4v) is 2.75. The minimum Gasteiger partial charge on any atom is -0.383 e. The topological polar surface area (TPSA) is 24.5 Å². The quantitative estimate of drug-likeness (QED) is 0.783. The molecule has 2 atom stereocenters. The number of rotatable bonds is 4. The lowest BCUT2D eigenvalue weighted by Gasteiger charge is -2.26. The Labute approximate surface area is 111 Å². The van der Waals surface area contributed by atoms with Gasteiger partial charge in [0.1, 0.15) is 0 Å². The summed E-state index contributed by atoms with van der Waals surface area (Å²) in [5, 5.41) is 4.24. The van der Waals surface area contributed by atoms with E-state index in [1.165, 1.54) is 25.7 Å². The van der Waals surface area contributed by atoms with Crippen molar-refractivity contribution in [3.63, 3.8) is 0 Å². The van der Waals surface area contributed by atoms with Crippen molar-refractivity contribution in [2.24, 2.45) is 5.92 Å². The van der Waals surface area contributed by atoms with Crippen LogP contribution in [0, 0.1) is 5.92 Å². The molecule has 1 saturated heterocycles. The number of ether oxygens (including phenoxy) is 1. The Hall–Kier alpha value is -0.350. The van der Waals surface area contributed by atoms with E-state index < -0.39 is 0 Å². The third-order valence-electron chi connectivity index (χ3n) is 3.50. The van der Waals surface area contributed by atoms with E-state index in [0.717, 1.165) is 24.1 Å². The Kier molecular flexibility index (Phi) is 6.82. The molecule has 0 spiro atoms. The first-order chi connectivity index (χ1) is 8.17. The second-order valence-corrected chi connectivity index (χ2v) is 5.38. The molecule has 1 fully saturated rings. The van der Waals surface area contributed by atoms with Crippen LogP contribution in [0.4, 0.5) is 0 Å². The predicted octanol–water partition coefficient (Wildman–Crippen LogP) is 2.41. The standard InChI is InChI=1S/C13H26N2OS/c1-4-12-6-5-8-15(9-7-12)13(17)14-11(2)10-16-3/h11-12H,4-10H2,1-3H3,(H,14,17). The molecule has 0 radical (unpaired) electrons. The lowest BCUT2D eigenvalue weighted by molar-refractivity contribution is 0.178. The van der Waals surface area contributed by atoms with Crippen molar-refractivity contribution in [1.82, 2.24) is 10.2 Å². The van der Waals surface area contributed by atoms with Crippen LogP contribution in [0.2, 0.25) is 0 Å². The number of nitrogens with one attached hydrogen (secondary N) is 1. The largest absolute Gasteiger partial charge is 0.383 e. The Bertz CT molecular complexity index is 235. The summed E-state index contributed by atoms with van der Waals surface area (Å²) >= 11 is 5.46. The molecule has 3 nitrogen and oxygen atoms in total. The monoisotopic (exact) mass is 258 g/mol. The highest BCUT2D eigenvalue weighted by Gasteiger charge is 2.18. The Balaban J connectivity index is 2.36. The number of methoxy groups -OCH3 is 1. The molecule has 0 aromatic rings. The average Bonchev–Trinajstić information content (AvgIpc) is 2.54. The molecular weight excluding hydrogens is 232 g/mol. The Morgan fingerprint density at radius 2 is 2.24 bits per heavy atom. The first-order valence-corrected chi connectivity index (χ1v) is 7.12. The molecule has 2 unspecified atom stereocenters. The molecule has 1 aliphatic heterocycles. The molecule has 0 amide bonds. The van der Waals surface area contributed by atoms with Crippen LogP contribution in [0.5, 0.6) is 0 Å². The molecule has 4 heteroatoms. The number of nitrogens with zero attached hydrogens (tertiary/aromatic N) is 1. The van der Waals surface area contributed by atoms with Gasteiger partial charge >= 0.3 is 0 Å². The van der Waals surface area contributed by atoms with Crippen molar-refractivity contribution in [2.75, 3.05) is 26.8 Å². The van der Waals surface area contributed by atoms with Crippen LogP contribution >= 0.6 is 12.2 Å². The van der Waals surface area contributed by atoms with Gasteiger partial charge in [-0.15, -0.1) is 0 Å². The van der Waals surface area contributed by atoms with Gasteiger partial charge in [0.25, 0.3) is 0 Å². The van der Waals surface area contributed by atoms with E-state index >= 15 is 0 Å². The maximum absolute atomic E-state index is 5.46. The van der Waals surface area contributed by atoms with Gasteiger partial charge in [-0.3, -0.25) is 0 Å². The van der Waals surface area contributed by atoms with E-state index in [4.69, 9.17) is 17.0 Å². The van der Waals surface area contributed by atoms with E-state index in [0.29, 0.717) is 6.61 Å². The SMILES string of the molecule is CCC1CCCN(C(=S)NC(C)COC)CC1. The summed E-state index contributed by atoms with van der Waals surface area (Å²) in [6.45, 7) is 7.29. The van der Waals surface area contributed by atoms with E-state index in [9.17, 15) is 0 Å². The summed E-state index contributed by atoms with van der Waals surface area (Å²) in [5.41, 5.74) is 0. The van der Waals surface area contributed by atoms with Gasteiger partial charge in [0.05, 0.1) is 6.61 Å². The molecule has 1 aliphatic rings. The zero-order chi connectivity index (χ0) is 12.7. The molecular formula is C13H26N2OS. The lowest BCUT2D eigenvalue weighted by Crippen LogP contribution is -2.45. The van der Waals surface area contributed by atoms with Crippen molar-refractivity contribution in [3.8, 4) is 0 Å². The molecule has 1 heterocycles. The maximum Gasteiger partial charge on any atom is 0.169 e. The number of hydrogen-bond acceptors (Lipinski definition) is 2. The van der Waals surface area contributed by atoms with Gasteiger partial charge < -0.3 is 15.0 Å². The number of thiocarbonyl (C=S) groups is 1. The minimum absolute atomic E-state index is 0.290. The van der Waals surface area contributed by atoms with E-state index in [1.54, 1.807) is 7.11 Å². The van der Waals surface area contributed by atoms with Gasteiger partial charge in [-0.2, -0.15) is 0 Å². The van der Waals surface area contributed by atoms with Crippen molar-refractivity contribution >= 4 is 17.3 Å².